The Morgan fingerprint density at radius 3 is 1.25 bits per heavy atom. The molecule has 1 N–H and O–H groups in total. The lowest BCUT2D eigenvalue weighted by atomic mass is 10.0. The summed E-state index contributed by atoms with van der Waals surface area (Å²) in [5, 5.41) is 3.03. The monoisotopic (exact) mass is 1100 g/mol. The van der Waals surface area contributed by atoms with Gasteiger partial charge >= 0.3 is 5.97 Å². The minimum atomic E-state index is -4.70. The number of carbonyl (C=O) groups excluding carboxylic acids is 2. The van der Waals surface area contributed by atoms with Crippen molar-refractivity contribution in [3.05, 3.63) is 48.6 Å². The number of unbranched alkanes of at least 4 members (excludes halogenated alkanes) is 38. The number of nitrogens with zero attached hydrogens (tertiary/aromatic N) is 1. The van der Waals surface area contributed by atoms with Gasteiger partial charge in [-0.05, 0) is 63.9 Å². The van der Waals surface area contributed by atoms with Crippen LogP contribution >= 0.6 is 7.82 Å². The maximum absolute atomic E-state index is 13.5. The number of rotatable bonds is 60. The number of likely N-dealkylation sites (N-methyl/N-ethyl adjacent to an activating group) is 1. The molecule has 0 fully saturated rings. The van der Waals surface area contributed by atoms with Crippen LogP contribution in [0.1, 0.15) is 316 Å². The molecule has 3 atom stereocenters. The average Bonchev–Trinajstić information content (AvgIpc) is 3.39. The van der Waals surface area contributed by atoms with Crippen LogP contribution in [0.2, 0.25) is 0 Å². The summed E-state index contributed by atoms with van der Waals surface area (Å²) < 4.78 is 30.4. The first-order chi connectivity index (χ1) is 37.4. The lowest BCUT2D eigenvalue weighted by molar-refractivity contribution is -0.870. The molecule has 0 spiro atoms. The summed E-state index contributed by atoms with van der Waals surface area (Å²) in [7, 11) is 1.18. The largest absolute Gasteiger partial charge is 0.756 e. The smallest absolute Gasteiger partial charge is 0.306 e. The SMILES string of the molecule is CC/C=C/C/C=C/C/C=C/CCCCCCCCC(=O)NC(COP(=O)([O-])OCC[N+](C)(C)C)C(/C=C\CCCCCCCCCCCC)OC(=O)CCCCCCCCCCCCCCCCCCCCCCCCC. The van der Waals surface area contributed by atoms with E-state index in [-0.39, 0.29) is 24.9 Å². The molecule has 77 heavy (non-hydrogen) atoms. The van der Waals surface area contributed by atoms with Crippen molar-refractivity contribution in [2.75, 3.05) is 40.9 Å². The highest BCUT2D eigenvalue weighted by atomic mass is 31.2. The summed E-state index contributed by atoms with van der Waals surface area (Å²) in [4.78, 5) is 40.0. The van der Waals surface area contributed by atoms with Crippen molar-refractivity contribution in [2.45, 2.75) is 328 Å². The molecule has 0 rings (SSSR count). The standard InChI is InChI=1S/C67H127N2O7P/c1-7-10-13-16-19-22-25-28-30-32-33-34-35-36-37-38-40-42-45-48-51-54-57-60-67(71)76-65(58-55-52-49-46-43-27-24-21-18-15-12-9-3)64(63-75-77(72,73)74-62-61-69(4,5)6)68-66(70)59-56-53-50-47-44-41-39-31-29-26-23-20-17-14-11-8-2/h11,14,20,23,29,31,55,58,64-65H,7-10,12-13,15-19,21-22,24-28,30,32-54,56-57,59-63H2,1-6H3,(H-,68,70,72,73)/b14-11+,23-20+,31-29+,58-55-. The zero-order chi connectivity index (χ0) is 56.4. The number of allylic oxidation sites excluding steroid dienone is 7. The van der Waals surface area contributed by atoms with Crippen molar-refractivity contribution in [2.24, 2.45) is 0 Å². The van der Waals surface area contributed by atoms with Crippen LogP contribution in [0, 0.1) is 0 Å². The van der Waals surface area contributed by atoms with Gasteiger partial charge in [-0.1, -0.05) is 288 Å². The maximum atomic E-state index is 13.5. The van der Waals surface area contributed by atoms with Gasteiger partial charge in [-0.15, -0.1) is 0 Å². The quantitative estimate of drug-likeness (QED) is 0.0212. The first-order valence-corrected chi connectivity index (χ1v) is 34.4. The summed E-state index contributed by atoms with van der Waals surface area (Å²) >= 11 is 0. The second-order valence-corrected chi connectivity index (χ2v) is 25.0. The van der Waals surface area contributed by atoms with Crippen LogP contribution in [0.4, 0.5) is 0 Å². The minimum absolute atomic E-state index is 0.0240. The molecule has 0 aliphatic carbocycles. The van der Waals surface area contributed by atoms with Gasteiger partial charge < -0.3 is 28.5 Å². The summed E-state index contributed by atoms with van der Waals surface area (Å²) in [6.07, 6.45) is 70.9. The summed E-state index contributed by atoms with van der Waals surface area (Å²) in [5.41, 5.74) is 0. The van der Waals surface area contributed by atoms with E-state index in [0.717, 1.165) is 103 Å². The molecule has 0 heterocycles. The third kappa shape index (κ3) is 58.4. The number of esters is 1. The van der Waals surface area contributed by atoms with Gasteiger partial charge in [0.1, 0.15) is 19.3 Å². The van der Waals surface area contributed by atoms with Crippen LogP contribution < -0.4 is 10.2 Å². The molecule has 0 bridgehead atoms. The Labute approximate surface area is 478 Å². The van der Waals surface area contributed by atoms with Gasteiger partial charge in [0.15, 0.2) is 0 Å². The van der Waals surface area contributed by atoms with Gasteiger partial charge in [0.2, 0.25) is 5.91 Å². The van der Waals surface area contributed by atoms with E-state index in [4.69, 9.17) is 13.8 Å². The van der Waals surface area contributed by atoms with Crippen molar-refractivity contribution in [3.63, 3.8) is 0 Å². The zero-order valence-electron chi connectivity index (χ0n) is 51.7. The first kappa shape index (κ1) is 75.0. The summed E-state index contributed by atoms with van der Waals surface area (Å²) in [6.45, 7) is 6.76. The molecule has 0 aliphatic rings. The molecule has 10 heteroatoms. The van der Waals surface area contributed by atoms with Gasteiger partial charge in [-0.2, -0.15) is 0 Å². The second-order valence-electron chi connectivity index (χ2n) is 23.6. The Hall–Kier alpha value is -2.03. The molecule has 0 aromatic heterocycles. The van der Waals surface area contributed by atoms with E-state index in [1.807, 2.05) is 33.3 Å². The zero-order valence-corrected chi connectivity index (χ0v) is 52.6. The molecule has 0 aromatic carbocycles. The van der Waals surface area contributed by atoms with Gasteiger partial charge in [0.25, 0.3) is 7.82 Å². The van der Waals surface area contributed by atoms with Crippen LogP contribution in [0.15, 0.2) is 48.6 Å². The Bertz CT molecular complexity index is 1460. The van der Waals surface area contributed by atoms with Crippen molar-refractivity contribution in [1.29, 1.82) is 0 Å². The lowest BCUT2D eigenvalue weighted by Gasteiger charge is -2.30. The molecular weight excluding hydrogens is 976 g/mol. The van der Waals surface area contributed by atoms with Gasteiger partial charge in [-0.3, -0.25) is 14.2 Å². The molecule has 0 saturated carbocycles. The number of ether oxygens (including phenoxy) is 1. The number of hydrogen-bond donors (Lipinski definition) is 1. The average molecular weight is 1100 g/mol. The van der Waals surface area contributed by atoms with Crippen molar-refractivity contribution in [3.8, 4) is 0 Å². The molecule has 0 radical (unpaired) electrons. The fourth-order valence-electron chi connectivity index (χ4n) is 9.72. The number of phosphoric ester groups is 1. The van der Waals surface area contributed by atoms with Crippen molar-refractivity contribution < 1.29 is 37.3 Å². The molecule has 0 aliphatic heterocycles. The second kappa shape index (κ2) is 57.2. The molecule has 9 nitrogen and oxygen atoms in total. The summed E-state index contributed by atoms with van der Waals surface area (Å²) in [6, 6.07) is -0.893. The van der Waals surface area contributed by atoms with E-state index < -0.39 is 26.6 Å². The fourth-order valence-corrected chi connectivity index (χ4v) is 10.4. The van der Waals surface area contributed by atoms with E-state index in [9.17, 15) is 19.0 Å². The molecule has 3 unspecified atom stereocenters. The van der Waals surface area contributed by atoms with Gasteiger partial charge in [0.05, 0.1) is 33.8 Å². The number of carbonyl (C=O) groups is 2. The fraction of sp³-hybridized carbons (Fsp3) is 0.851. The van der Waals surface area contributed by atoms with Crippen LogP contribution in [0.25, 0.3) is 0 Å². The normalized spacial score (nSPS) is 13.9. The Kier molecular flexibility index (Phi) is 55.7. The number of quaternary nitrogens is 1. The third-order valence-corrected chi connectivity index (χ3v) is 15.7. The van der Waals surface area contributed by atoms with Crippen LogP contribution in [-0.4, -0.2) is 69.4 Å². The van der Waals surface area contributed by atoms with E-state index in [1.54, 1.807) is 0 Å². The lowest BCUT2D eigenvalue weighted by Crippen LogP contribution is -2.47. The highest BCUT2D eigenvalue weighted by Crippen LogP contribution is 2.38. The highest BCUT2D eigenvalue weighted by molar-refractivity contribution is 7.45. The Morgan fingerprint density at radius 1 is 0.468 bits per heavy atom. The number of nitrogens with one attached hydrogen (secondary N) is 1. The number of amides is 1. The molecular formula is C67H127N2O7P. The number of phosphoric acid groups is 1. The van der Waals surface area contributed by atoms with Gasteiger partial charge in [-0.25, -0.2) is 0 Å². The van der Waals surface area contributed by atoms with E-state index in [2.05, 4.69) is 62.5 Å². The van der Waals surface area contributed by atoms with E-state index >= 15 is 0 Å². The third-order valence-electron chi connectivity index (χ3n) is 14.8. The Morgan fingerprint density at radius 2 is 0.831 bits per heavy atom. The number of hydrogen-bond acceptors (Lipinski definition) is 7. The molecule has 452 valence electrons. The van der Waals surface area contributed by atoms with Crippen LogP contribution in [-0.2, 0) is 27.9 Å². The minimum Gasteiger partial charge on any atom is -0.756 e. The summed E-state index contributed by atoms with van der Waals surface area (Å²) in [5.74, 6) is -0.543. The highest BCUT2D eigenvalue weighted by Gasteiger charge is 2.27. The van der Waals surface area contributed by atoms with E-state index in [0.29, 0.717) is 17.4 Å². The van der Waals surface area contributed by atoms with Crippen LogP contribution in [0.3, 0.4) is 0 Å². The molecule has 0 aromatic rings. The van der Waals surface area contributed by atoms with Gasteiger partial charge in [0, 0.05) is 12.8 Å². The maximum Gasteiger partial charge on any atom is 0.306 e. The first-order valence-electron chi connectivity index (χ1n) is 32.9. The van der Waals surface area contributed by atoms with Crippen molar-refractivity contribution in [1.82, 2.24) is 5.32 Å². The molecule has 1 amide bonds. The molecule has 0 saturated heterocycles. The predicted octanol–water partition coefficient (Wildman–Crippen LogP) is 19.8. The van der Waals surface area contributed by atoms with Crippen LogP contribution in [0.5, 0.6) is 0 Å². The van der Waals surface area contributed by atoms with Crippen molar-refractivity contribution >= 4 is 19.7 Å². The Balaban J connectivity index is 5.12. The topological polar surface area (TPSA) is 114 Å². The predicted molar refractivity (Wildman–Crippen MR) is 330 cm³/mol. The van der Waals surface area contributed by atoms with E-state index in [1.165, 1.54) is 180 Å².